The molecule has 0 atom stereocenters. The van der Waals surface area contributed by atoms with Gasteiger partial charge in [-0.15, -0.1) is 0 Å². The molecule has 3 aromatic carbocycles. The summed E-state index contributed by atoms with van der Waals surface area (Å²) in [5.74, 6) is 2.32. The van der Waals surface area contributed by atoms with E-state index in [-0.39, 0.29) is 0 Å². The summed E-state index contributed by atoms with van der Waals surface area (Å²) in [7, 11) is 4.93. The van der Waals surface area contributed by atoms with Crippen molar-refractivity contribution < 1.29 is 18.6 Å². The fourth-order valence-corrected chi connectivity index (χ4v) is 3.13. The summed E-state index contributed by atoms with van der Waals surface area (Å²) in [6.07, 6.45) is 0. The van der Waals surface area contributed by atoms with Crippen LogP contribution in [0.2, 0.25) is 0 Å². The third-order valence-corrected chi connectivity index (χ3v) is 4.74. The van der Waals surface area contributed by atoms with E-state index in [0.29, 0.717) is 12.6 Å². The van der Waals surface area contributed by atoms with Gasteiger partial charge in [0, 0.05) is 18.2 Å². The Labute approximate surface area is 169 Å². The maximum absolute atomic E-state index is 5.83. The number of hydrogen-bond donors (Lipinski definition) is 1. The Morgan fingerprint density at radius 2 is 1.52 bits per heavy atom. The molecule has 0 saturated carbocycles. The second-order valence-electron chi connectivity index (χ2n) is 6.46. The molecule has 148 valence electrons. The number of fused-ring (bicyclic) bond motifs is 1. The molecule has 1 N–H and O–H groups in total. The Kier molecular flexibility index (Phi) is 5.24. The monoisotopic (exact) mass is 390 g/mol. The summed E-state index contributed by atoms with van der Waals surface area (Å²) in [4.78, 5) is 4.57. The van der Waals surface area contributed by atoms with Crippen LogP contribution in [0.1, 0.15) is 5.56 Å². The molecular weight excluding hydrogens is 368 g/mol. The van der Waals surface area contributed by atoms with Gasteiger partial charge in [0.25, 0.3) is 6.01 Å². The van der Waals surface area contributed by atoms with Gasteiger partial charge in [0.1, 0.15) is 22.8 Å². The Morgan fingerprint density at radius 3 is 2.24 bits per heavy atom. The minimum Gasteiger partial charge on any atom is -0.497 e. The molecule has 0 amide bonds. The number of aromatic nitrogens is 1. The lowest BCUT2D eigenvalue weighted by atomic mass is 10.1. The van der Waals surface area contributed by atoms with Crippen LogP contribution >= 0.6 is 0 Å². The van der Waals surface area contributed by atoms with Crippen molar-refractivity contribution in [1.29, 1.82) is 0 Å². The van der Waals surface area contributed by atoms with E-state index in [1.165, 1.54) is 0 Å². The second-order valence-corrected chi connectivity index (χ2v) is 6.46. The summed E-state index contributed by atoms with van der Waals surface area (Å²) in [5.41, 5.74) is 4.66. The Hall–Kier alpha value is -3.67. The first kappa shape index (κ1) is 18.7. The number of methoxy groups -OCH3 is 3. The molecule has 0 saturated heterocycles. The van der Waals surface area contributed by atoms with Gasteiger partial charge < -0.3 is 23.9 Å². The van der Waals surface area contributed by atoms with Crippen molar-refractivity contribution >= 4 is 17.1 Å². The molecule has 1 aromatic heterocycles. The van der Waals surface area contributed by atoms with Crippen LogP contribution in [-0.2, 0) is 6.54 Å². The molecule has 4 rings (SSSR count). The van der Waals surface area contributed by atoms with Crippen LogP contribution < -0.4 is 19.5 Å². The van der Waals surface area contributed by atoms with Gasteiger partial charge in [-0.05, 0) is 47.5 Å². The average molecular weight is 390 g/mol. The molecule has 0 fully saturated rings. The molecule has 0 aliphatic carbocycles. The van der Waals surface area contributed by atoms with E-state index in [9.17, 15) is 0 Å². The Balaban J connectivity index is 1.53. The lowest BCUT2D eigenvalue weighted by Gasteiger charge is -2.10. The summed E-state index contributed by atoms with van der Waals surface area (Å²) in [5, 5.41) is 3.22. The van der Waals surface area contributed by atoms with Gasteiger partial charge in [0.15, 0.2) is 5.58 Å². The van der Waals surface area contributed by atoms with Crippen molar-refractivity contribution in [2.45, 2.75) is 6.54 Å². The predicted molar refractivity (Wildman–Crippen MR) is 113 cm³/mol. The molecule has 6 nitrogen and oxygen atoms in total. The van der Waals surface area contributed by atoms with Crippen molar-refractivity contribution in [3.63, 3.8) is 0 Å². The third-order valence-electron chi connectivity index (χ3n) is 4.74. The minimum atomic E-state index is 0.463. The van der Waals surface area contributed by atoms with Crippen LogP contribution in [0.3, 0.4) is 0 Å². The smallest absolute Gasteiger partial charge is 0.295 e. The van der Waals surface area contributed by atoms with Gasteiger partial charge in [-0.1, -0.05) is 18.2 Å². The van der Waals surface area contributed by atoms with Crippen molar-refractivity contribution in [3.8, 4) is 28.4 Å². The standard InChI is InChI=1S/C23H22N2O4/c1-26-18-8-4-15(5-9-18)16-7-11-21-20(12-16)25-23(29-21)24-14-17-6-10-19(27-2)13-22(17)28-3/h4-13H,14H2,1-3H3,(H,24,25). The number of anilines is 1. The Morgan fingerprint density at radius 1 is 0.793 bits per heavy atom. The highest BCUT2D eigenvalue weighted by Crippen LogP contribution is 2.29. The highest BCUT2D eigenvalue weighted by atomic mass is 16.5. The number of benzene rings is 3. The third kappa shape index (κ3) is 3.96. The maximum Gasteiger partial charge on any atom is 0.295 e. The van der Waals surface area contributed by atoms with E-state index in [2.05, 4.69) is 10.3 Å². The van der Waals surface area contributed by atoms with E-state index >= 15 is 0 Å². The average Bonchev–Trinajstić information content (AvgIpc) is 3.19. The number of oxazole rings is 1. The van der Waals surface area contributed by atoms with Crippen LogP contribution in [0.4, 0.5) is 6.01 Å². The van der Waals surface area contributed by atoms with Crippen molar-refractivity contribution in [1.82, 2.24) is 4.98 Å². The second kappa shape index (κ2) is 8.14. The normalized spacial score (nSPS) is 10.7. The topological polar surface area (TPSA) is 65.8 Å². The van der Waals surface area contributed by atoms with Crippen molar-refractivity contribution in [2.75, 3.05) is 26.6 Å². The molecule has 0 unspecified atom stereocenters. The fraction of sp³-hybridized carbons (Fsp3) is 0.174. The first-order valence-electron chi connectivity index (χ1n) is 9.20. The van der Waals surface area contributed by atoms with Crippen LogP contribution in [0, 0.1) is 0 Å². The molecule has 0 aliphatic heterocycles. The van der Waals surface area contributed by atoms with Crippen LogP contribution in [-0.4, -0.2) is 26.3 Å². The number of nitrogens with zero attached hydrogens (tertiary/aromatic N) is 1. The molecule has 29 heavy (non-hydrogen) atoms. The van der Waals surface area contributed by atoms with Gasteiger partial charge in [-0.25, -0.2) is 0 Å². The zero-order chi connectivity index (χ0) is 20.2. The summed E-state index contributed by atoms with van der Waals surface area (Å²) in [6.45, 7) is 0.519. The van der Waals surface area contributed by atoms with Crippen molar-refractivity contribution in [3.05, 3.63) is 66.2 Å². The van der Waals surface area contributed by atoms with E-state index in [1.54, 1.807) is 21.3 Å². The zero-order valence-electron chi connectivity index (χ0n) is 16.6. The van der Waals surface area contributed by atoms with Crippen molar-refractivity contribution in [2.24, 2.45) is 0 Å². The molecule has 0 spiro atoms. The number of hydrogen-bond acceptors (Lipinski definition) is 6. The number of nitrogens with one attached hydrogen (secondary N) is 1. The maximum atomic E-state index is 5.83. The van der Waals surface area contributed by atoms with Gasteiger partial charge in [-0.3, -0.25) is 0 Å². The molecule has 4 aromatic rings. The number of rotatable bonds is 7. The lowest BCUT2D eigenvalue weighted by molar-refractivity contribution is 0.391. The van der Waals surface area contributed by atoms with E-state index < -0.39 is 0 Å². The summed E-state index contributed by atoms with van der Waals surface area (Å²) in [6, 6.07) is 20.1. The SMILES string of the molecule is COc1ccc(-c2ccc3oc(NCc4ccc(OC)cc4OC)nc3c2)cc1. The first-order chi connectivity index (χ1) is 14.2. The Bertz CT molecular complexity index is 1120. The molecule has 0 radical (unpaired) electrons. The molecule has 6 heteroatoms. The highest BCUT2D eigenvalue weighted by molar-refractivity contribution is 5.81. The highest BCUT2D eigenvalue weighted by Gasteiger charge is 2.10. The van der Waals surface area contributed by atoms with Gasteiger partial charge in [0.2, 0.25) is 0 Å². The molecule has 0 bridgehead atoms. The van der Waals surface area contributed by atoms with E-state index in [1.807, 2.05) is 60.7 Å². The van der Waals surface area contributed by atoms with Gasteiger partial charge >= 0.3 is 0 Å². The minimum absolute atomic E-state index is 0.463. The first-order valence-corrected chi connectivity index (χ1v) is 9.20. The largest absolute Gasteiger partial charge is 0.497 e. The number of ether oxygens (including phenoxy) is 3. The quantitative estimate of drug-likeness (QED) is 0.472. The zero-order valence-corrected chi connectivity index (χ0v) is 16.6. The van der Waals surface area contributed by atoms with Gasteiger partial charge in [-0.2, -0.15) is 4.98 Å². The summed E-state index contributed by atoms with van der Waals surface area (Å²) < 4.78 is 21.7. The van der Waals surface area contributed by atoms with E-state index in [4.69, 9.17) is 18.6 Å². The summed E-state index contributed by atoms with van der Waals surface area (Å²) >= 11 is 0. The van der Waals surface area contributed by atoms with Crippen LogP contribution in [0.5, 0.6) is 17.2 Å². The predicted octanol–water partition coefficient (Wildman–Crippen LogP) is 5.13. The fourth-order valence-electron chi connectivity index (χ4n) is 3.13. The molecule has 1 heterocycles. The van der Waals surface area contributed by atoms with E-state index in [0.717, 1.165) is 45.0 Å². The van der Waals surface area contributed by atoms with Crippen LogP contribution in [0.15, 0.2) is 65.1 Å². The van der Waals surface area contributed by atoms with Gasteiger partial charge in [0.05, 0.1) is 21.3 Å². The van der Waals surface area contributed by atoms with Crippen LogP contribution in [0.25, 0.3) is 22.2 Å². The molecule has 0 aliphatic rings. The molecular formula is C23H22N2O4. The lowest BCUT2D eigenvalue weighted by Crippen LogP contribution is -2.02.